The van der Waals surface area contributed by atoms with Crippen LogP contribution in [-0.4, -0.2) is 23.5 Å². The van der Waals surface area contributed by atoms with Crippen LogP contribution >= 0.6 is 11.6 Å². The number of alkyl halides is 1. The minimum atomic E-state index is -0.188. The summed E-state index contributed by atoms with van der Waals surface area (Å²) in [5.74, 6) is 0.0389. The Morgan fingerprint density at radius 1 is 1.33 bits per heavy atom. The Kier molecular flexibility index (Phi) is 3.62. The Balaban J connectivity index is 2.33. The third kappa shape index (κ3) is 2.51. The molecule has 6 heteroatoms. The third-order valence-electron chi connectivity index (χ3n) is 2.55. The van der Waals surface area contributed by atoms with Gasteiger partial charge in [-0.15, -0.1) is 11.6 Å². The van der Waals surface area contributed by atoms with E-state index in [1.54, 1.807) is 24.3 Å². The maximum Gasteiger partial charge on any atom is 0.234 e. The number of hydrogen-bond donors (Lipinski definition) is 1. The lowest BCUT2D eigenvalue weighted by atomic mass is 10.2. The number of carbonyl (C=O) groups excluding carboxylic acids is 2. The Morgan fingerprint density at radius 2 is 2.00 bits per heavy atom. The standard InChI is InChI=1S/C12H12ClN3O2/c13-7-10(14)15-8-2-1-3-9(6-8)16-11(17)4-5-12(16)18/h1-3,6H,4-5,7H2,(H2,14,15). The van der Waals surface area contributed by atoms with Gasteiger partial charge in [-0.2, -0.15) is 0 Å². The zero-order valence-corrected chi connectivity index (χ0v) is 10.4. The molecule has 2 amide bonds. The fourth-order valence-electron chi connectivity index (χ4n) is 1.76. The molecule has 2 rings (SSSR count). The second-order valence-corrected chi connectivity index (χ2v) is 4.15. The highest BCUT2D eigenvalue weighted by Gasteiger charge is 2.30. The van der Waals surface area contributed by atoms with Gasteiger partial charge in [-0.1, -0.05) is 6.07 Å². The number of aliphatic imine (C=N–C) groups is 1. The summed E-state index contributed by atoms with van der Waals surface area (Å²) >= 11 is 5.54. The van der Waals surface area contributed by atoms with Crippen LogP contribution in [0.15, 0.2) is 29.3 Å². The van der Waals surface area contributed by atoms with E-state index in [0.29, 0.717) is 11.4 Å². The molecule has 0 aromatic heterocycles. The van der Waals surface area contributed by atoms with Crippen LogP contribution in [0, 0.1) is 0 Å². The van der Waals surface area contributed by atoms with Gasteiger partial charge in [-0.25, -0.2) is 4.99 Å². The van der Waals surface area contributed by atoms with Crippen LogP contribution in [0.5, 0.6) is 0 Å². The third-order valence-corrected chi connectivity index (χ3v) is 2.82. The molecule has 18 heavy (non-hydrogen) atoms. The Labute approximate surface area is 109 Å². The molecule has 94 valence electrons. The van der Waals surface area contributed by atoms with E-state index in [0.717, 1.165) is 0 Å². The molecule has 1 heterocycles. The predicted molar refractivity (Wildman–Crippen MR) is 70.2 cm³/mol. The monoisotopic (exact) mass is 265 g/mol. The number of rotatable bonds is 3. The summed E-state index contributed by atoms with van der Waals surface area (Å²) in [5.41, 5.74) is 6.62. The molecule has 1 fully saturated rings. The van der Waals surface area contributed by atoms with Crippen LogP contribution in [0.25, 0.3) is 0 Å². The molecule has 1 aliphatic rings. The van der Waals surface area contributed by atoms with Gasteiger partial charge in [-0.05, 0) is 18.2 Å². The van der Waals surface area contributed by atoms with Gasteiger partial charge < -0.3 is 5.73 Å². The van der Waals surface area contributed by atoms with E-state index in [1.807, 2.05) is 0 Å². The average Bonchev–Trinajstić information content (AvgIpc) is 2.69. The van der Waals surface area contributed by atoms with Gasteiger partial charge in [0.2, 0.25) is 11.8 Å². The quantitative estimate of drug-likeness (QED) is 0.390. The van der Waals surface area contributed by atoms with Crippen molar-refractivity contribution in [3.8, 4) is 0 Å². The number of benzene rings is 1. The first-order valence-electron chi connectivity index (χ1n) is 5.46. The smallest absolute Gasteiger partial charge is 0.234 e. The fourth-order valence-corrected chi connectivity index (χ4v) is 1.82. The van der Waals surface area contributed by atoms with E-state index in [2.05, 4.69) is 4.99 Å². The lowest BCUT2D eigenvalue weighted by molar-refractivity contribution is -0.121. The summed E-state index contributed by atoms with van der Waals surface area (Å²) in [6.07, 6.45) is 0.520. The number of amidine groups is 1. The van der Waals surface area contributed by atoms with Crippen LogP contribution in [0.1, 0.15) is 12.8 Å². The summed E-state index contributed by atoms with van der Waals surface area (Å²) in [4.78, 5) is 28.4. The number of nitrogens with zero attached hydrogens (tertiary/aromatic N) is 2. The minimum Gasteiger partial charge on any atom is -0.386 e. The zero-order valence-electron chi connectivity index (χ0n) is 9.60. The SMILES string of the molecule is NC(CCl)=Nc1cccc(N2C(=O)CCC2=O)c1. The van der Waals surface area contributed by atoms with Crippen molar-refractivity contribution in [2.75, 3.05) is 10.8 Å². The van der Waals surface area contributed by atoms with Gasteiger partial charge in [0.15, 0.2) is 0 Å². The van der Waals surface area contributed by atoms with Crippen LogP contribution in [0.2, 0.25) is 0 Å². The molecule has 0 atom stereocenters. The second-order valence-electron chi connectivity index (χ2n) is 3.88. The second kappa shape index (κ2) is 5.18. The highest BCUT2D eigenvalue weighted by Crippen LogP contribution is 2.26. The number of halogens is 1. The number of amides is 2. The fraction of sp³-hybridized carbons (Fsp3) is 0.250. The molecule has 0 aliphatic carbocycles. The van der Waals surface area contributed by atoms with Gasteiger partial charge in [0.25, 0.3) is 0 Å². The highest BCUT2D eigenvalue weighted by molar-refractivity contribution is 6.28. The number of carbonyl (C=O) groups is 2. The zero-order chi connectivity index (χ0) is 13.1. The van der Waals surface area contributed by atoms with Crippen molar-refractivity contribution in [2.45, 2.75) is 12.8 Å². The largest absolute Gasteiger partial charge is 0.386 e. The number of nitrogens with two attached hydrogens (primary N) is 1. The Hall–Kier alpha value is -1.88. The molecule has 2 N–H and O–H groups in total. The molecule has 0 saturated carbocycles. The van der Waals surface area contributed by atoms with Crippen molar-refractivity contribution in [2.24, 2.45) is 10.7 Å². The van der Waals surface area contributed by atoms with E-state index < -0.39 is 0 Å². The number of anilines is 1. The molecule has 0 radical (unpaired) electrons. The van der Waals surface area contributed by atoms with E-state index in [-0.39, 0.29) is 36.4 Å². The van der Waals surface area contributed by atoms with Crippen molar-refractivity contribution >= 4 is 40.6 Å². The van der Waals surface area contributed by atoms with Crippen molar-refractivity contribution in [3.05, 3.63) is 24.3 Å². The maximum absolute atomic E-state index is 11.6. The van der Waals surface area contributed by atoms with Gasteiger partial charge in [0, 0.05) is 12.8 Å². The molecular weight excluding hydrogens is 254 g/mol. The normalized spacial score (nSPS) is 16.5. The molecule has 0 spiro atoms. The van der Waals surface area contributed by atoms with Crippen molar-refractivity contribution in [1.82, 2.24) is 0 Å². The predicted octanol–water partition coefficient (Wildman–Crippen LogP) is 1.57. The van der Waals surface area contributed by atoms with E-state index >= 15 is 0 Å². The number of imide groups is 1. The first-order valence-corrected chi connectivity index (χ1v) is 6.00. The van der Waals surface area contributed by atoms with Crippen LogP contribution in [0.3, 0.4) is 0 Å². The van der Waals surface area contributed by atoms with Crippen LogP contribution in [-0.2, 0) is 9.59 Å². The summed E-state index contributed by atoms with van der Waals surface area (Å²) in [5, 5.41) is 0. The minimum absolute atomic E-state index is 0.131. The lowest BCUT2D eigenvalue weighted by Crippen LogP contribution is -2.28. The van der Waals surface area contributed by atoms with E-state index in [4.69, 9.17) is 17.3 Å². The molecule has 1 aliphatic heterocycles. The van der Waals surface area contributed by atoms with Gasteiger partial charge in [0.05, 0.1) is 17.3 Å². The van der Waals surface area contributed by atoms with Gasteiger partial charge in [-0.3, -0.25) is 14.5 Å². The van der Waals surface area contributed by atoms with Crippen LogP contribution in [0.4, 0.5) is 11.4 Å². The van der Waals surface area contributed by atoms with Crippen LogP contribution < -0.4 is 10.6 Å². The molecule has 0 bridgehead atoms. The van der Waals surface area contributed by atoms with Crippen molar-refractivity contribution in [1.29, 1.82) is 0 Å². The maximum atomic E-state index is 11.6. The summed E-state index contributed by atoms with van der Waals surface area (Å²) in [6.45, 7) is 0. The van der Waals surface area contributed by atoms with E-state index in [9.17, 15) is 9.59 Å². The highest BCUT2D eigenvalue weighted by atomic mass is 35.5. The number of hydrogen-bond acceptors (Lipinski definition) is 3. The molecule has 1 aromatic carbocycles. The van der Waals surface area contributed by atoms with Gasteiger partial charge >= 0.3 is 0 Å². The Bertz CT molecular complexity index is 512. The van der Waals surface area contributed by atoms with Crippen molar-refractivity contribution < 1.29 is 9.59 Å². The average molecular weight is 266 g/mol. The van der Waals surface area contributed by atoms with Gasteiger partial charge in [0.1, 0.15) is 5.84 Å². The molecular formula is C12H12ClN3O2. The summed E-state index contributed by atoms with van der Waals surface area (Å²) < 4.78 is 0. The first-order chi connectivity index (χ1) is 8.61. The molecule has 1 aromatic rings. The topological polar surface area (TPSA) is 75.8 Å². The summed E-state index contributed by atoms with van der Waals surface area (Å²) in [6, 6.07) is 6.78. The first kappa shape index (κ1) is 12.6. The molecule has 5 nitrogen and oxygen atoms in total. The van der Waals surface area contributed by atoms with Crippen molar-refractivity contribution in [3.63, 3.8) is 0 Å². The summed E-state index contributed by atoms with van der Waals surface area (Å²) in [7, 11) is 0. The molecule has 1 saturated heterocycles. The Morgan fingerprint density at radius 3 is 2.61 bits per heavy atom. The molecule has 0 unspecified atom stereocenters. The lowest BCUT2D eigenvalue weighted by Gasteiger charge is -2.13. The van der Waals surface area contributed by atoms with E-state index in [1.165, 1.54) is 4.90 Å².